The van der Waals surface area contributed by atoms with Crippen molar-refractivity contribution in [2.45, 2.75) is 0 Å². The maximum atomic E-state index is 14.1. The van der Waals surface area contributed by atoms with Crippen LogP contribution >= 0.6 is 0 Å². The number of benzene rings is 1. The monoisotopic (exact) mass is 365 g/mol. The second-order valence-electron chi connectivity index (χ2n) is 5.85. The first-order valence-electron chi connectivity index (χ1n) is 7.87. The second-order valence-corrected chi connectivity index (χ2v) is 5.85. The van der Waals surface area contributed by atoms with Crippen LogP contribution in [0.1, 0.15) is 11.1 Å². The normalized spacial score (nSPS) is 13.4. The summed E-state index contributed by atoms with van der Waals surface area (Å²) in [5, 5.41) is 6.02. The Morgan fingerprint density at radius 2 is 2.04 bits per heavy atom. The molecule has 0 fully saturated rings. The maximum absolute atomic E-state index is 14.1. The van der Waals surface area contributed by atoms with Crippen molar-refractivity contribution in [3.8, 4) is 11.6 Å². The van der Waals surface area contributed by atoms with Gasteiger partial charge in [0, 0.05) is 35.2 Å². The molecule has 0 spiro atoms. The minimum Gasteiger partial charge on any atom is -0.386 e. The van der Waals surface area contributed by atoms with Gasteiger partial charge in [-0.3, -0.25) is 9.39 Å². The third kappa shape index (κ3) is 2.40. The van der Waals surface area contributed by atoms with E-state index in [1.807, 2.05) is 6.07 Å². The molecule has 0 saturated heterocycles. The molecule has 27 heavy (non-hydrogen) atoms. The number of allylic oxidation sites excluding steroid dienone is 1. The summed E-state index contributed by atoms with van der Waals surface area (Å²) in [6.07, 6.45) is 4.89. The molecule has 7 nitrogen and oxygen atoms in total. The SMILES string of the molecule is O=c1[nH]nc(-c2cnc3ccc(C4=CN=C4c4ccc(F)cc4F)cn23)o1. The lowest BCUT2D eigenvalue weighted by Gasteiger charge is -2.18. The van der Waals surface area contributed by atoms with E-state index in [0.29, 0.717) is 22.6 Å². The van der Waals surface area contributed by atoms with Crippen molar-refractivity contribution in [3.63, 3.8) is 0 Å². The van der Waals surface area contributed by atoms with Gasteiger partial charge in [-0.15, -0.1) is 5.10 Å². The Morgan fingerprint density at radius 3 is 2.74 bits per heavy atom. The topological polar surface area (TPSA) is 88.5 Å². The van der Waals surface area contributed by atoms with E-state index in [0.717, 1.165) is 11.6 Å². The van der Waals surface area contributed by atoms with Gasteiger partial charge in [-0.05, 0) is 24.3 Å². The number of nitrogens with zero attached hydrogens (tertiary/aromatic N) is 4. The number of fused-ring (bicyclic) bond motifs is 1. The van der Waals surface area contributed by atoms with Gasteiger partial charge in [0.25, 0.3) is 5.89 Å². The van der Waals surface area contributed by atoms with E-state index in [9.17, 15) is 13.6 Å². The van der Waals surface area contributed by atoms with Crippen LogP contribution in [0, 0.1) is 11.6 Å². The quantitative estimate of drug-likeness (QED) is 0.605. The van der Waals surface area contributed by atoms with Gasteiger partial charge in [-0.25, -0.2) is 23.7 Å². The number of aliphatic imine (C=N–C) groups is 1. The number of pyridine rings is 1. The van der Waals surface area contributed by atoms with Gasteiger partial charge in [-0.1, -0.05) is 0 Å². The number of H-pyrrole nitrogens is 1. The number of hydrogen-bond acceptors (Lipinski definition) is 5. The third-order valence-corrected chi connectivity index (χ3v) is 4.24. The Morgan fingerprint density at radius 1 is 1.15 bits per heavy atom. The molecule has 0 atom stereocenters. The molecule has 4 heterocycles. The molecule has 0 saturated carbocycles. The molecule has 5 rings (SSSR count). The van der Waals surface area contributed by atoms with Gasteiger partial charge >= 0.3 is 5.76 Å². The highest BCUT2D eigenvalue weighted by Crippen LogP contribution is 2.30. The summed E-state index contributed by atoms with van der Waals surface area (Å²) < 4.78 is 33.9. The molecule has 0 amide bonds. The Bertz CT molecular complexity index is 1330. The fourth-order valence-corrected chi connectivity index (χ4v) is 2.94. The fourth-order valence-electron chi connectivity index (χ4n) is 2.94. The maximum Gasteiger partial charge on any atom is 0.434 e. The van der Waals surface area contributed by atoms with Crippen LogP contribution in [-0.2, 0) is 0 Å². The first kappa shape index (κ1) is 15.4. The van der Waals surface area contributed by atoms with Crippen LogP contribution in [0.25, 0.3) is 22.8 Å². The minimum absolute atomic E-state index is 0.103. The highest BCUT2D eigenvalue weighted by molar-refractivity contribution is 6.35. The average molecular weight is 365 g/mol. The predicted octanol–water partition coefficient (Wildman–Crippen LogP) is 2.80. The van der Waals surface area contributed by atoms with Crippen molar-refractivity contribution in [2.24, 2.45) is 4.99 Å². The van der Waals surface area contributed by atoms with Gasteiger partial charge in [0.2, 0.25) is 0 Å². The third-order valence-electron chi connectivity index (χ3n) is 4.24. The van der Waals surface area contributed by atoms with Crippen LogP contribution < -0.4 is 5.76 Å². The van der Waals surface area contributed by atoms with Crippen LogP contribution in [0.4, 0.5) is 8.78 Å². The number of halogens is 2. The van der Waals surface area contributed by atoms with Gasteiger partial charge in [0.15, 0.2) is 0 Å². The van der Waals surface area contributed by atoms with Crippen LogP contribution in [0.5, 0.6) is 0 Å². The van der Waals surface area contributed by atoms with Gasteiger partial charge < -0.3 is 4.42 Å². The van der Waals surface area contributed by atoms with Crippen molar-refractivity contribution in [1.82, 2.24) is 19.6 Å². The van der Waals surface area contributed by atoms with E-state index >= 15 is 0 Å². The lowest BCUT2D eigenvalue weighted by atomic mass is 9.94. The molecule has 0 bridgehead atoms. The van der Waals surface area contributed by atoms with Crippen molar-refractivity contribution in [2.75, 3.05) is 0 Å². The summed E-state index contributed by atoms with van der Waals surface area (Å²) in [4.78, 5) is 19.6. The number of imidazole rings is 1. The van der Waals surface area contributed by atoms with E-state index in [4.69, 9.17) is 4.42 Å². The Labute approximate surface area is 149 Å². The molecule has 1 N–H and O–H groups in total. The standard InChI is InChI=1S/C18H9F2N5O2/c19-10-2-3-11(13(20)5-10)16-12(6-22-16)9-1-4-15-21-7-14(25(15)8-9)17-23-24-18(26)27-17/h1-8H,(H,24,26). The van der Waals surface area contributed by atoms with E-state index in [-0.39, 0.29) is 11.5 Å². The summed E-state index contributed by atoms with van der Waals surface area (Å²) in [6.45, 7) is 0. The molecule has 0 unspecified atom stereocenters. The van der Waals surface area contributed by atoms with Crippen LogP contribution in [0.3, 0.4) is 0 Å². The molecule has 1 aliphatic heterocycles. The summed E-state index contributed by atoms with van der Waals surface area (Å²) >= 11 is 0. The predicted molar refractivity (Wildman–Crippen MR) is 92.2 cm³/mol. The largest absolute Gasteiger partial charge is 0.434 e. The molecular weight excluding hydrogens is 356 g/mol. The molecule has 132 valence electrons. The van der Waals surface area contributed by atoms with Gasteiger partial charge in [-0.2, -0.15) is 0 Å². The zero-order chi connectivity index (χ0) is 18.5. The first-order valence-corrected chi connectivity index (χ1v) is 7.87. The highest BCUT2D eigenvalue weighted by atomic mass is 19.1. The number of rotatable bonds is 3. The smallest absolute Gasteiger partial charge is 0.386 e. The van der Waals surface area contributed by atoms with E-state index in [2.05, 4.69) is 20.2 Å². The van der Waals surface area contributed by atoms with Gasteiger partial charge in [0.1, 0.15) is 23.0 Å². The molecule has 0 aliphatic carbocycles. The van der Waals surface area contributed by atoms with Crippen LogP contribution in [-0.4, -0.2) is 25.3 Å². The van der Waals surface area contributed by atoms with Crippen LogP contribution in [0.15, 0.2) is 63.1 Å². The number of hydrogen-bond donors (Lipinski definition) is 1. The summed E-state index contributed by atoms with van der Waals surface area (Å²) in [7, 11) is 0. The number of nitrogens with one attached hydrogen (secondary N) is 1. The zero-order valence-corrected chi connectivity index (χ0v) is 13.5. The zero-order valence-electron chi connectivity index (χ0n) is 13.5. The van der Waals surface area contributed by atoms with E-state index < -0.39 is 17.4 Å². The average Bonchev–Trinajstić information content (AvgIpc) is 3.22. The Hall–Kier alpha value is -3.88. The van der Waals surface area contributed by atoms with Gasteiger partial charge in [0.05, 0.1) is 11.9 Å². The molecule has 9 heteroatoms. The summed E-state index contributed by atoms with van der Waals surface area (Å²) in [5.41, 5.74) is 3.19. The first-order chi connectivity index (χ1) is 13.1. The van der Waals surface area contributed by atoms with Crippen molar-refractivity contribution in [3.05, 3.63) is 82.2 Å². The molecule has 1 aliphatic rings. The molecule has 4 aromatic rings. The summed E-state index contributed by atoms with van der Waals surface area (Å²) in [5.74, 6) is -1.89. The van der Waals surface area contributed by atoms with Crippen LogP contribution in [0.2, 0.25) is 0 Å². The minimum atomic E-state index is -0.679. The number of aromatic amines is 1. The van der Waals surface area contributed by atoms with Crippen molar-refractivity contribution >= 4 is 16.9 Å². The van der Waals surface area contributed by atoms with Crippen molar-refractivity contribution < 1.29 is 13.2 Å². The molecular formula is C18H9F2N5O2. The fraction of sp³-hybridized carbons (Fsp3) is 0. The second kappa shape index (κ2) is 5.56. The lowest BCUT2D eigenvalue weighted by Crippen LogP contribution is -2.13. The Balaban J connectivity index is 1.57. The van der Waals surface area contributed by atoms with E-state index in [1.165, 1.54) is 18.3 Å². The van der Waals surface area contributed by atoms with Crippen molar-refractivity contribution in [1.29, 1.82) is 0 Å². The highest BCUT2D eigenvalue weighted by Gasteiger charge is 2.22. The molecule has 0 radical (unpaired) electrons. The molecule has 3 aromatic heterocycles. The molecule has 1 aromatic carbocycles. The number of aromatic nitrogens is 4. The van der Waals surface area contributed by atoms with E-state index in [1.54, 1.807) is 22.9 Å². The lowest BCUT2D eigenvalue weighted by molar-refractivity contribution is 0.524. The summed E-state index contributed by atoms with van der Waals surface area (Å²) in [6, 6.07) is 6.95. The Kier molecular flexibility index (Phi) is 3.17.